The van der Waals surface area contributed by atoms with Gasteiger partial charge in [-0.05, 0) is 48.1 Å². The molecule has 0 spiro atoms. The lowest BCUT2D eigenvalue weighted by molar-refractivity contribution is 0.134. The summed E-state index contributed by atoms with van der Waals surface area (Å²) in [4.78, 5) is 11.9. The lowest BCUT2D eigenvalue weighted by atomic mass is 9.88. The molecule has 2 aromatic carbocycles. The molecule has 1 amide bonds. The Bertz CT molecular complexity index is 655. The summed E-state index contributed by atoms with van der Waals surface area (Å²) >= 11 is 0. The molecule has 2 N–H and O–H groups in total. The number of phenols is 1. The molecule has 0 radical (unpaired) electrons. The molecule has 0 aliphatic heterocycles. The minimum atomic E-state index is -0.379. The molecule has 22 heavy (non-hydrogen) atoms. The molecule has 3 rings (SSSR count). The van der Waals surface area contributed by atoms with Crippen LogP contribution in [-0.2, 0) is 24.2 Å². The number of aromatic hydroxyl groups is 1. The Morgan fingerprint density at radius 3 is 2.82 bits per heavy atom. The monoisotopic (exact) mass is 297 g/mol. The highest BCUT2D eigenvalue weighted by atomic mass is 16.5. The maximum Gasteiger partial charge on any atom is 0.407 e. The number of alkyl carbamates (subject to hydrolysis) is 1. The fourth-order valence-corrected chi connectivity index (χ4v) is 2.80. The van der Waals surface area contributed by atoms with E-state index >= 15 is 0 Å². The van der Waals surface area contributed by atoms with E-state index in [1.807, 2.05) is 36.4 Å². The highest BCUT2D eigenvalue weighted by molar-refractivity contribution is 5.67. The zero-order valence-corrected chi connectivity index (χ0v) is 12.3. The summed E-state index contributed by atoms with van der Waals surface area (Å²) in [6, 6.07) is 15.1. The number of amides is 1. The molecule has 4 nitrogen and oxygen atoms in total. The topological polar surface area (TPSA) is 58.6 Å². The third-order valence-electron chi connectivity index (χ3n) is 3.95. The molecule has 1 aliphatic rings. The number of ether oxygens (including phenoxy) is 1. The minimum Gasteiger partial charge on any atom is -0.508 e. The van der Waals surface area contributed by atoms with Crippen molar-refractivity contribution in [1.29, 1.82) is 0 Å². The number of benzene rings is 2. The van der Waals surface area contributed by atoms with Gasteiger partial charge in [-0.15, -0.1) is 0 Å². The third kappa shape index (κ3) is 3.58. The van der Waals surface area contributed by atoms with Gasteiger partial charge in [0.05, 0.1) is 0 Å². The number of aryl methyl sites for hydroxylation is 1. The van der Waals surface area contributed by atoms with E-state index in [1.165, 1.54) is 5.56 Å². The van der Waals surface area contributed by atoms with Crippen LogP contribution in [0.5, 0.6) is 5.75 Å². The first-order valence-corrected chi connectivity index (χ1v) is 7.49. The van der Waals surface area contributed by atoms with Crippen LogP contribution in [0, 0.1) is 0 Å². The van der Waals surface area contributed by atoms with E-state index in [4.69, 9.17) is 4.74 Å². The van der Waals surface area contributed by atoms with Crippen molar-refractivity contribution in [3.8, 4) is 5.75 Å². The average molecular weight is 297 g/mol. The summed E-state index contributed by atoms with van der Waals surface area (Å²) in [5.74, 6) is 0.299. The molecule has 4 heteroatoms. The van der Waals surface area contributed by atoms with Gasteiger partial charge in [0.1, 0.15) is 12.4 Å². The Labute approximate surface area is 129 Å². The molecule has 2 aromatic rings. The number of hydrogen-bond donors (Lipinski definition) is 2. The van der Waals surface area contributed by atoms with Gasteiger partial charge in [-0.2, -0.15) is 0 Å². The lowest BCUT2D eigenvalue weighted by Gasteiger charge is -2.25. The molecule has 114 valence electrons. The van der Waals surface area contributed by atoms with Crippen molar-refractivity contribution in [1.82, 2.24) is 5.32 Å². The predicted molar refractivity (Wildman–Crippen MR) is 83.7 cm³/mol. The van der Waals surface area contributed by atoms with Crippen molar-refractivity contribution in [2.75, 3.05) is 0 Å². The SMILES string of the molecule is O=C(NC1CCc2cc(O)ccc2C1)OCc1ccccc1. The van der Waals surface area contributed by atoms with E-state index in [2.05, 4.69) is 5.32 Å². The van der Waals surface area contributed by atoms with Crippen molar-refractivity contribution < 1.29 is 14.6 Å². The Balaban J connectivity index is 1.51. The van der Waals surface area contributed by atoms with Gasteiger partial charge in [0.2, 0.25) is 0 Å². The van der Waals surface area contributed by atoms with Crippen molar-refractivity contribution in [3.63, 3.8) is 0 Å². The van der Waals surface area contributed by atoms with Gasteiger partial charge in [-0.25, -0.2) is 4.79 Å². The second kappa shape index (κ2) is 6.52. The van der Waals surface area contributed by atoms with Crippen molar-refractivity contribution in [2.24, 2.45) is 0 Å². The molecule has 0 fully saturated rings. The van der Waals surface area contributed by atoms with Gasteiger partial charge < -0.3 is 15.2 Å². The van der Waals surface area contributed by atoms with E-state index < -0.39 is 0 Å². The maximum absolute atomic E-state index is 11.9. The average Bonchev–Trinajstić information content (AvgIpc) is 2.54. The van der Waals surface area contributed by atoms with Crippen LogP contribution in [0.25, 0.3) is 0 Å². The number of hydrogen-bond acceptors (Lipinski definition) is 3. The Kier molecular flexibility index (Phi) is 4.28. The maximum atomic E-state index is 11.9. The van der Waals surface area contributed by atoms with Crippen LogP contribution < -0.4 is 5.32 Å². The van der Waals surface area contributed by atoms with Crippen LogP contribution in [0.3, 0.4) is 0 Å². The normalized spacial score (nSPS) is 16.6. The largest absolute Gasteiger partial charge is 0.508 e. The van der Waals surface area contributed by atoms with Gasteiger partial charge in [-0.3, -0.25) is 0 Å². The summed E-state index contributed by atoms with van der Waals surface area (Å²) in [7, 11) is 0. The highest BCUT2D eigenvalue weighted by Gasteiger charge is 2.20. The smallest absolute Gasteiger partial charge is 0.407 e. The quantitative estimate of drug-likeness (QED) is 0.915. The van der Waals surface area contributed by atoms with Gasteiger partial charge in [0.15, 0.2) is 0 Å². The number of carbonyl (C=O) groups is 1. The van der Waals surface area contributed by atoms with Crippen LogP contribution in [0.1, 0.15) is 23.1 Å². The lowest BCUT2D eigenvalue weighted by Crippen LogP contribution is -2.39. The van der Waals surface area contributed by atoms with Crippen LogP contribution >= 0.6 is 0 Å². The van der Waals surface area contributed by atoms with E-state index in [0.717, 1.165) is 30.4 Å². The van der Waals surface area contributed by atoms with E-state index in [1.54, 1.807) is 12.1 Å². The minimum absolute atomic E-state index is 0.0836. The van der Waals surface area contributed by atoms with Crippen molar-refractivity contribution in [2.45, 2.75) is 31.9 Å². The van der Waals surface area contributed by atoms with Crippen molar-refractivity contribution in [3.05, 3.63) is 65.2 Å². The molecular formula is C18H19NO3. The predicted octanol–water partition coefficient (Wildman–Crippen LogP) is 3.18. The molecule has 1 unspecified atom stereocenters. The number of rotatable bonds is 3. The molecule has 0 saturated carbocycles. The molecule has 0 saturated heterocycles. The first kappa shape index (κ1) is 14.4. The number of carbonyl (C=O) groups excluding carboxylic acids is 1. The summed E-state index contributed by atoms with van der Waals surface area (Å²) in [5, 5.41) is 12.4. The summed E-state index contributed by atoms with van der Waals surface area (Å²) in [5.41, 5.74) is 3.32. The number of phenolic OH excluding ortho intramolecular Hbond substituents is 1. The third-order valence-corrected chi connectivity index (χ3v) is 3.95. The van der Waals surface area contributed by atoms with Gasteiger partial charge in [0.25, 0.3) is 0 Å². The fourth-order valence-electron chi connectivity index (χ4n) is 2.80. The summed E-state index contributed by atoms with van der Waals surface area (Å²) in [6.45, 7) is 0.282. The summed E-state index contributed by atoms with van der Waals surface area (Å²) < 4.78 is 5.25. The van der Waals surface area contributed by atoms with E-state index in [9.17, 15) is 9.90 Å². The fraction of sp³-hybridized carbons (Fsp3) is 0.278. The van der Waals surface area contributed by atoms with Crippen LogP contribution in [0.4, 0.5) is 4.79 Å². The Morgan fingerprint density at radius 1 is 1.18 bits per heavy atom. The molecule has 0 aromatic heterocycles. The second-order valence-electron chi connectivity index (χ2n) is 5.60. The Morgan fingerprint density at radius 2 is 2.00 bits per heavy atom. The zero-order valence-electron chi connectivity index (χ0n) is 12.3. The number of fused-ring (bicyclic) bond motifs is 1. The van der Waals surface area contributed by atoms with E-state index in [0.29, 0.717) is 5.75 Å². The molecule has 0 heterocycles. The standard InChI is InChI=1S/C18H19NO3/c20-17-9-7-14-10-16(8-6-15(14)11-17)19-18(21)22-12-13-4-2-1-3-5-13/h1-5,7,9,11,16,20H,6,8,10,12H2,(H,19,21). The summed E-state index contributed by atoms with van der Waals surface area (Å²) in [6.07, 6.45) is 2.11. The van der Waals surface area contributed by atoms with Gasteiger partial charge in [0, 0.05) is 6.04 Å². The van der Waals surface area contributed by atoms with Crippen LogP contribution in [-0.4, -0.2) is 17.2 Å². The molecule has 1 aliphatic carbocycles. The first-order valence-electron chi connectivity index (χ1n) is 7.49. The Hall–Kier alpha value is -2.49. The van der Waals surface area contributed by atoms with Crippen LogP contribution in [0.15, 0.2) is 48.5 Å². The van der Waals surface area contributed by atoms with Crippen molar-refractivity contribution >= 4 is 6.09 Å². The number of nitrogens with one attached hydrogen (secondary N) is 1. The highest BCUT2D eigenvalue weighted by Crippen LogP contribution is 2.25. The van der Waals surface area contributed by atoms with Crippen LogP contribution in [0.2, 0.25) is 0 Å². The van der Waals surface area contributed by atoms with Gasteiger partial charge >= 0.3 is 6.09 Å². The van der Waals surface area contributed by atoms with E-state index in [-0.39, 0.29) is 18.7 Å². The molecule has 0 bridgehead atoms. The molecular weight excluding hydrogens is 278 g/mol. The zero-order chi connectivity index (χ0) is 15.4. The molecule has 1 atom stereocenters. The van der Waals surface area contributed by atoms with Gasteiger partial charge in [-0.1, -0.05) is 36.4 Å². The first-order chi connectivity index (χ1) is 10.7. The second-order valence-corrected chi connectivity index (χ2v) is 5.60.